The molecule has 2 saturated heterocycles. The summed E-state index contributed by atoms with van der Waals surface area (Å²) in [5.41, 5.74) is 1.31. The fraction of sp³-hybridized carbons (Fsp3) is 0.615. The number of esters is 1. The third kappa shape index (κ3) is 4.97. The molecule has 0 bridgehead atoms. The number of likely N-dealkylation sites (tertiary alicyclic amines) is 2. The van der Waals surface area contributed by atoms with Gasteiger partial charge in [0.05, 0.1) is 11.8 Å². The van der Waals surface area contributed by atoms with Crippen molar-refractivity contribution in [2.75, 3.05) is 13.1 Å². The Hall–Kier alpha value is -2.70. The lowest BCUT2D eigenvalue weighted by atomic mass is 9.81. The molecule has 0 spiro atoms. The summed E-state index contributed by atoms with van der Waals surface area (Å²) in [6, 6.07) is 9.35. The molecule has 7 heteroatoms. The van der Waals surface area contributed by atoms with Crippen LogP contribution >= 0.6 is 0 Å². The van der Waals surface area contributed by atoms with Crippen LogP contribution in [0.3, 0.4) is 0 Å². The lowest BCUT2D eigenvalue weighted by molar-refractivity contribution is -0.166. The molecule has 2 aliphatic heterocycles. The van der Waals surface area contributed by atoms with Crippen molar-refractivity contribution in [1.29, 1.82) is 0 Å². The van der Waals surface area contributed by atoms with Crippen LogP contribution in [0.25, 0.3) is 0 Å². The zero-order valence-corrected chi connectivity index (χ0v) is 19.6. The van der Waals surface area contributed by atoms with Crippen molar-refractivity contribution in [1.82, 2.24) is 9.80 Å². The summed E-state index contributed by atoms with van der Waals surface area (Å²) in [6.07, 6.45) is 5.14. The molecule has 3 amide bonds. The number of nitrogens with zero attached hydrogens (tertiary/aromatic N) is 2. The second kappa shape index (κ2) is 10.1. The zero-order valence-electron chi connectivity index (χ0n) is 19.6. The van der Waals surface area contributed by atoms with Crippen LogP contribution in [0.15, 0.2) is 30.3 Å². The van der Waals surface area contributed by atoms with Gasteiger partial charge in [0, 0.05) is 13.1 Å². The molecular weight excluding hydrogens is 420 g/mol. The number of hydrogen-bond donors (Lipinski definition) is 0. The molecule has 1 saturated carbocycles. The van der Waals surface area contributed by atoms with E-state index in [1.165, 1.54) is 12.5 Å². The van der Waals surface area contributed by atoms with E-state index in [1.807, 2.05) is 18.2 Å². The quantitative estimate of drug-likeness (QED) is 0.487. The Morgan fingerprint density at radius 1 is 0.939 bits per heavy atom. The smallest absolute Gasteiger partial charge is 0.329 e. The average Bonchev–Trinajstić information content (AvgIpc) is 3.09. The number of benzene rings is 1. The van der Waals surface area contributed by atoms with E-state index in [0.29, 0.717) is 31.8 Å². The molecular formula is C26H34N2O5. The summed E-state index contributed by atoms with van der Waals surface area (Å²) < 4.78 is 5.44. The fourth-order valence-corrected chi connectivity index (χ4v) is 5.56. The largest absolute Gasteiger partial charge is 0.451 e. The first kappa shape index (κ1) is 23.5. The van der Waals surface area contributed by atoms with Gasteiger partial charge in [0.1, 0.15) is 6.04 Å². The number of amides is 3. The number of rotatable bonds is 6. The standard InChI is InChI=1S/C26H34N2O5/c1-17(28-24(30)21-10-6-7-11-22(21)25(28)31)26(32)33-18(2)23(29)27-14-12-20(13-15-27)16-19-8-4-3-5-9-19/h3-5,8-9,17-18,20-22H,6-7,10-16H2,1-2H3/t17-,18?,21?,22?/m0/s1. The first-order chi connectivity index (χ1) is 15.9. The van der Waals surface area contributed by atoms with Gasteiger partial charge in [-0.25, -0.2) is 4.79 Å². The van der Waals surface area contributed by atoms with Gasteiger partial charge in [-0.2, -0.15) is 0 Å². The third-order valence-electron chi connectivity index (χ3n) is 7.54. The first-order valence-electron chi connectivity index (χ1n) is 12.3. The predicted molar refractivity (Wildman–Crippen MR) is 122 cm³/mol. The van der Waals surface area contributed by atoms with Crippen LogP contribution in [0.1, 0.15) is 57.9 Å². The molecule has 3 unspecified atom stereocenters. The molecule has 1 aromatic rings. The summed E-state index contributed by atoms with van der Waals surface area (Å²) in [4.78, 5) is 53.9. The summed E-state index contributed by atoms with van der Waals surface area (Å²) in [7, 11) is 0. The highest BCUT2D eigenvalue weighted by Crippen LogP contribution is 2.39. The monoisotopic (exact) mass is 454 g/mol. The van der Waals surface area contributed by atoms with Gasteiger partial charge in [0.25, 0.3) is 5.91 Å². The van der Waals surface area contributed by atoms with Gasteiger partial charge < -0.3 is 9.64 Å². The van der Waals surface area contributed by atoms with Crippen molar-refractivity contribution >= 4 is 23.7 Å². The van der Waals surface area contributed by atoms with E-state index in [2.05, 4.69) is 12.1 Å². The molecule has 4 rings (SSSR count). The number of ether oxygens (including phenoxy) is 1. The lowest BCUT2D eigenvalue weighted by Gasteiger charge is -2.33. The van der Waals surface area contributed by atoms with E-state index >= 15 is 0 Å². The maximum absolute atomic E-state index is 12.9. The zero-order chi connectivity index (χ0) is 23.5. The van der Waals surface area contributed by atoms with Gasteiger partial charge in [-0.1, -0.05) is 43.2 Å². The van der Waals surface area contributed by atoms with Crippen molar-refractivity contribution in [2.24, 2.45) is 17.8 Å². The average molecular weight is 455 g/mol. The van der Waals surface area contributed by atoms with Crippen molar-refractivity contribution in [2.45, 2.75) is 70.9 Å². The van der Waals surface area contributed by atoms with E-state index in [9.17, 15) is 19.2 Å². The molecule has 33 heavy (non-hydrogen) atoms. The summed E-state index contributed by atoms with van der Waals surface area (Å²) >= 11 is 0. The number of hydrogen-bond acceptors (Lipinski definition) is 5. The Balaban J connectivity index is 1.27. The molecule has 1 aliphatic carbocycles. The summed E-state index contributed by atoms with van der Waals surface area (Å²) in [5.74, 6) is -1.54. The minimum absolute atomic E-state index is 0.221. The Kier molecular flexibility index (Phi) is 7.15. The van der Waals surface area contributed by atoms with Crippen molar-refractivity contribution in [3.05, 3.63) is 35.9 Å². The van der Waals surface area contributed by atoms with Crippen LogP contribution in [0.4, 0.5) is 0 Å². The normalized spacial score (nSPS) is 25.5. The molecule has 3 aliphatic rings. The number of imide groups is 1. The minimum atomic E-state index is -1.01. The number of fused-ring (bicyclic) bond motifs is 1. The third-order valence-corrected chi connectivity index (χ3v) is 7.54. The highest BCUT2D eigenvalue weighted by Gasteiger charge is 2.51. The van der Waals surface area contributed by atoms with Crippen LogP contribution < -0.4 is 0 Å². The van der Waals surface area contributed by atoms with Crippen LogP contribution in [-0.4, -0.2) is 58.7 Å². The van der Waals surface area contributed by atoms with Gasteiger partial charge in [-0.3, -0.25) is 19.3 Å². The van der Waals surface area contributed by atoms with Crippen LogP contribution in [0.5, 0.6) is 0 Å². The van der Waals surface area contributed by atoms with Gasteiger partial charge in [-0.15, -0.1) is 0 Å². The summed E-state index contributed by atoms with van der Waals surface area (Å²) in [6.45, 7) is 4.36. The Morgan fingerprint density at radius 2 is 1.52 bits per heavy atom. The molecule has 2 heterocycles. The highest BCUT2D eigenvalue weighted by atomic mass is 16.5. The molecule has 4 atom stereocenters. The van der Waals surface area contributed by atoms with Crippen molar-refractivity contribution < 1.29 is 23.9 Å². The number of carbonyl (C=O) groups is 4. The van der Waals surface area contributed by atoms with E-state index in [-0.39, 0.29) is 29.6 Å². The molecule has 0 N–H and O–H groups in total. The van der Waals surface area contributed by atoms with E-state index < -0.39 is 18.1 Å². The molecule has 178 valence electrons. The van der Waals surface area contributed by atoms with Crippen LogP contribution in [-0.2, 0) is 30.3 Å². The van der Waals surface area contributed by atoms with Gasteiger partial charge >= 0.3 is 5.97 Å². The number of piperidine rings is 1. The fourth-order valence-electron chi connectivity index (χ4n) is 5.56. The molecule has 0 radical (unpaired) electrons. The molecule has 3 fully saturated rings. The second-order valence-electron chi connectivity index (χ2n) is 9.76. The summed E-state index contributed by atoms with van der Waals surface area (Å²) in [5, 5.41) is 0. The Labute approximate surface area is 195 Å². The van der Waals surface area contributed by atoms with E-state index in [1.54, 1.807) is 11.8 Å². The number of carbonyl (C=O) groups excluding carboxylic acids is 4. The van der Waals surface area contributed by atoms with Crippen molar-refractivity contribution in [3.63, 3.8) is 0 Å². The lowest BCUT2D eigenvalue weighted by Crippen LogP contribution is -2.48. The topological polar surface area (TPSA) is 84.0 Å². The van der Waals surface area contributed by atoms with Crippen LogP contribution in [0.2, 0.25) is 0 Å². The highest BCUT2D eigenvalue weighted by molar-refractivity contribution is 6.07. The first-order valence-corrected chi connectivity index (χ1v) is 12.3. The predicted octanol–water partition coefficient (Wildman–Crippen LogP) is 2.96. The van der Waals surface area contributed by atoms with E-state index in [4.69, 9.17) is 4.74 Å². The Bertz CT molecular complexity index is 869. The van der Waals surface area contributed by atoms with Gasteiger partial charge in [0.15, 0.2) is 6.10 Å². The maximum atomic E-state index is 12.9. The SMILES string of the molecule is CC(OC(=O)[C@H](C)N1C(=O)C2CCCCC2C1=O)C(=O)N1CCC(Cc2ccccc2)CC1. The van der Waals surface area contributed by atoms with Crippen LogP contribution in [0, 0.1) is 17.8 Å². The molecule has 0 aromatic heterocycles. The second-order valence-corrected chi connectivity index (χ2v) is 9.76. The minimum Gasteiger partial charge on any atom is -0.451 e. The maximum Gasteiger partial charge on any atom is 0.329 e. The van der Waals surface area contributed by atoms with Gasteiger partial charge in [-0.05, 0) is 57.4 Å². The van der Waals surface area contributed by atoms with E-state index in [0.717, 1.165) is 37.0 Å². The van der Waals surface area contributed by atoms with Gasteiger partial charge in [0.2, 0.25) is 11.8 Å². The van der Waals surface area contributed by atoms with Crippen molar-refractivity contribution in [3.8, 4) is 0 Å². The molecule has 1 aromatic carbocycles. The Morgan fingerprint density at radius 3 is 2.09 bits per heavy atom. The molecule has 7 nitrogen and oxygen atoms in total.